The van der Waals surface area contributed by atoms with Gasteiger partial charge in [0, 0.05) is 11.6 Å². The molecule has 0 radical (unpaired) electrons. The van der Waals surface area contributed by atoms with Crippen LogP contribution < -0.4 is 24.7 Å². The number of hydrogen-bond acceptors (Lipinski definition) is 7. The number of esters is 1. The zero-order valence-corrected chi connectivity index (χ0v) is 22.2. The van der Waals surface area contributed by atoms with E-state index in [2.05, 4.69) is 6.07 Å². The molecule has 200 valence electrons. The third-order valence-corrected chi connectivity index (χ3v) is 6.52. The van der Waals surface area contributed by atoms with Crippen LogP contribution in [0.5, 0.6) is 23.0 Å². The maximum absolute atomic E-state index is 12.7. The molecule has 40 heavy (non-hydrogen) atoms. The number of rotatable bonds is 8. The van der Waals surface area contributed by atoms with Gasteiger partial charge < -0.3 is 24.7 Å². The molecule has 0 amide bonds. The molecular formula is C33H28N2O5. The first-order valence-electron chi connectivity index (χ1n) is 12.9. The summed E-state index contributed by atoms with van der Waals surface area (Å²) in [7, 11) is 0. The number of allylic oxidation sites excluding steroid dienone is 1. The number of carbonyl (C=O) groups excluding carboxylic acids is 1. The fraction of sp³-hybridized carbons (Fsp3) is 0.152. The molecule has 4 aromatic carbocycles. The molecule has 7 heteroatoms. The molecule has 4 aromatic rings. The van der Waals surface area contributed by atoms with E-state index in [4.69, 9.17) is 24.7 Å². The minimum Gasteiger partial charge on any atom is -0.494 e. The van der Waals surface area contributed by atoms with Crippen molar-refractivity contribution in [3.63, 3.8) is 0 Å². The molecule has 1 aliphatic heterocycles. The lowest BCUT2D eigenvalue weighted by atomic mass is 9.83. The highest BCUT2D eigenvalue weighted by molar-refractivity contribution is 5.91. The second-order valence-electron chi connectivity index (χ2n) is 9.32. The quantitative estimate of drug-likeness (QED) is 0.207. The van der Waals surface area contributed by atoms with Gasteiger partial charge in [-0.1, -0.05) is 48.0 Å². The number of benzene rings is 4. The number of carbonyl (C=O) groups is 1. The van der Waals surface area contributed by atoms with E-state index in [1.807, 2.05) is 62.4 Å². The first-order valence-corrected chi connectivity index (χ1v) is 12.9. The van der Waals surface area contributed by atoms with Crippen molar-refractivity contribution in [3.05, 3.63) is 130 Å². The standard InChI is InChI=1S/C33H28N2O5/c1-3-37-25-13-11-23(12-14-25)33(36)39-27-15-16-28-30(18-27)40-32(35)29(19-34)31(28)24-5-4-6-26(17-24)38-20-22-9-7-21(2)8-10-22/h4-18,31H,3,20,35H2,1-2H3. The third-order valence-electron chi connectivity index (χ3n) is 6.52. The van der Waals surface area contributed by atoms with Gasteiger partial charge in [-0.2, -0.15) is 5.26 Å². The number of hydrogen-bond donors (Lipinski definition) is 1. The predicted octanol–water partition coefficient (Wildman–Crippen LogP) is 6.41. The van der Waals surface area contributed by atoms with Gasteiger partial charge in [0.05, 0.1) is 18.1 Å². The van der Waals surface area contributed by atoms with Gasteiger partial charge in [0.15, 0.2) is 0 Å². The molecule has 7 nitrogen and oxygen atoms in total. The summed E-state index contributed by atoms with van der Waals surface area (Å²) >= 11 is 0. The summed E-state index contributed by atoms with van der Waals surface area (Å²) in [6, 6.07) is 29.7. The van der Waals surface area contributed by atoms with E-state index >= 15 is 0 Å². The fourth-order valence-electron chi connectivity index (χ4n) is 4.50. The Bertz CT molecular complexity index is 1600. The van der Waals surface area contributed by atoms with Crippen molar-refractivity contribution in [2.24, 2.45) is 5.73 Å². The number of nitrogens with two attached hydrogens (primary N) is 1. The second-order valence-corrected chi connectivity index (χ2v) is 9.32. The molecule has 0 spiro atoms. The average Bonchev–Trinajstić information content (AvgIpc) is 2.97. The Labute approximate surface area is 233 Å². The largest absolute Gasteiger partial charge is 0.494 e. The highest BCUT2D eigenvalue weighted by Gasteiger charge is 2.31. The molecule has 0 fully saturated rings. The molecule has 0 bridgehead atoms. The Hall–Kier alpha value is -5.22. The van der Waals surface area contributed by atoms with Gasteiger partial charge in [0.1, 0.15) is 41.2 Å². The van der Waals surface area contributed by atoms with Crippen LogP contribution >= 0.6 is 0 Å². The minimum atomic E-state index is -0.519. The van der Waals surface area contributed by atoms with Crippen LogP contribution in [0.3, 0.4) is 0 Å². The fourth-order valence-corrected chi connectivity index (χ4v) is 4.50. The van der Waals surface area contributed by atoms with Crippen LogP contribution in [-0.4, -0.2) is 12.6 Å². The van der Waals surface area contributed by atoms with E-state index in [0.717, 1.165) is 16.7 Å². The van der Waals surface area contributed by atoms with Crippen LogP contribution in [0.4, 0.5) is 0 Å². The lowest BCUT2D eigenvalue weighted by molar-refractivity contribution is 0.0734. The van der Waals surface area contributed by atoms with E-state index in [9.17, 15) is 10.1 Å². The summed E-state index contributed by atoms with van der Waals surface area (Å²) in [5.74, 6) is 1.04. The van der Waals surface area contributed by atoms with Crippen LogP contribution in [0.25, 0.3) is 0 Å². The summed E-state index contributed by atoms with van der Waals surface area (Å²) < 4.78 is 22.9. The van der Waals surface area contributed by atoms with Gasteiger partial charge in [-0.25, -0.2) is 4.79 Å². The molecule has 5 rings (SSSR count). The number of nitriles is 1. The van der Waals surface area contributed by atoms with Gasteiger partial charge in [-0.05, 0) is 67.4 Å². The molecule has 0 aliphatic carbocycles. The number of fused-ring (bicyclic) bond motifs is 1. The first kappa shape index (κ1) is 26.4. The number of aryl methyl sites for hydroxylation is 1. The van der Waals surface area contributed by atoms with Crippen molar-refractivity contribution >= 4 is 5.97 Å². The summed E-state index contributed by atoms with van der Waals surface area (Å²) in [4.78, 5) is 12.7. The third kappa shape index (κ3) is 5.77. The zero-order chi connectivity index (χ0) is 28.1. The normalized spacial score (nSPS) is 14.0. The zero-order valence-electron chi connectivity index (χ0n) is 22.2. The summed E-state index contributed by atoms with van der Waals surface area (Å²) in [5.41, 5.74) is 10.7. The number of nitrogens with zero attached hydrogens (tertiary/aromatic N) is 1. The topological polar surface area (TPSA) is 104 Å². The van der Waals surface area contributed by atoms with Crippen LogP contribution in [0.1, 0.15) is 45.5 Å². The molecule has 1 aliphatic rings. The summed E-state index contributed by atoms with van der Waals surface area (Å²) in [6.45, 7) is 4.89. The highest BCUT2D eigenvalue weighted by atomic mass is 16.5. The van der Waals surface area contributed by atoms with Crippen molar-refractivity contribution in [1.29, 1.82) is 5.26 Å². The number of ether oxygens (including phenoxy) is 4. The van der Waals surface area contributed by atoms with Gasteiger partial charge in [0.25, 0.3) is 0 Å². The highest BCUT2D eigenvalue weighted by Crippen LogP contribution is 2.44. The average molecular weight is 533 g/mol. The molecule has 2 N–H and O–H groups in total. The second kappa shape index (κ2) is 11.7. The van der Waals surface area contributed by atoms with Gasteiger partial charge in [0.2, 0.25) is 5.88 Å². The van der Waals surface area contributed by atoms with Crippen LogP contribution in [-0.2, 0) is 6.61 Å². The van der Waals surface area contributed by atoms with E-state index in [1.54, 1.807) is 42.5 Å². The maximum Gasteiger partial charge on any atom is 0.343 e. The minimum absolute atomic E-state index is 0.000895. The Balaban J connectivity index is 1.38. The van der Waals surface area contributed by atoms with Crippen molar-refractivity contribution in [1.82, 2.24) is 0 Å². The predicted molar refractivity (Wildman–Crippen MR) is 150 cm³/mol. The molecular weight excluding hydrogens is 504 g/mol. The van der Waals surface area contributed by atoms with E-state index in [-0.39, 0.29) is 5.88 Å². The summed E-state index contributed by atoms with van der Waals surface area (Å²) in [5, 5.41) is 9.94. The molecule has 1 unspecified atom stereocenters. The van der Waals surface area contributed by atoms with Crippen molar-refractivity contribution < 1.29 is 23.7 Å². The Kier molecular flexibility index (Phi) is 7.70. The Morgan fingerprint density at radius 2 is 1.68 bits per heavy atom. The Morgan fingerprint density at radius 1 is 0.925 bits per heavy atom. The van der Waals surface area contributed by atoms with Gasteiger partial charge in [-0.15, -0.1) is 0 Å². The van der Waals surface area contributed by atoms with Crippen molar-refractivity contribution in [3.8, 4) is 29.1 Å². The molecule has 0 saturated carbocycles. The van der Waals surface area contributed by atoms with E-state index in [0.29, 0.717) is 47.3 Å². The lowest BCUT2D eigenvalue weighted by Crippen LogP contribution is -2.21. The molecule has 1 heterocycles. The van der Waals surface area contributed by atoms with Gasteiger partial charge in [-0.3, -0.25) is 0 Å². The SMILES string of the molecule is CCOc1ccc(C(=O)Oc2ccc3c(c2)OC(N)=C(C#N)C3c2cccc(OCc3ccc(C)cc3)c2)cc1. The maximum atomic E-state index is 12.7. The van der Waals surface area contributed by atoms with E-state index < -0.39 is 11.9 Å². The molecule has 0 saturated heterocycles. The lowest BCUT2D eigenvalue weighted by Gasteiger charge is -2.27. The van der Waals surface area contributed by atoms with E-state index in [1.165, 1.54) is 5.56 Å². The summed E-state index contributed by atoms with van der Waals surface area (Å²) in [6.07, 6.45) is 0. The monoisotopic (exact) mass is 532 g/mol. The molecule has 0 aromatic heterocycles. The van der Waals surface area contributed by atoms with Crippen LogP contribution in [0.2, 0.25) is 0 Å². The van der Waals surface area contributed by atoms with Crippen molar-refractivity contribution in [2.45, 2.75) is 26.4 Å². The van der Waals surface area contributed by atoms with Crippen LogP contribution in [0, 0.1) is 18.3 Å². The molecule has 1 atom stereocenters. The Morgan fingerprint density at radius 3 is 2.40 bits per heavy atom. The smallest absolute Gasteiger partial charge is 0.343 e. The van der Waals surface area contributed by atoms with Gasteiger partial charge >= 0.3 is 5.97 Å². The van der Waals surface area contributed by atoms with Crippen LogP contribution in [0.15, 0.2) is 102 Å². The first-order chi connectivity index (χ1) is 19.4. The van der Waals surface area contributed by atoms with Crippen molar-refractivity contribution in [2.75, 3.05) is 6.61 Å².